The fourth-order valence-corrected chi connectivity index (χ4v) is 1.95. The lowest BCUT2D eigenvalue weighted by Gasteiger charge is -2.03. The number of nitrogens with two attached hydrogens (primary N) is 1. The van der Waals surface area contributed by atoms with Gasteiger partial charge in [-0.05, 0) is 28.8 Å². The van der Waals surface area contributed by atoms with E-state index in [1.807, 2.05) is 7.05 Å². The minimum Gasteiger partial charge on any atom is -0.368 e. The monoisotopic (exact) mass is 223 g/mol. The number of anilines is 2. The zero-order valence-corrected chi connectivity index (χ0v) is 9.29. The summed E-state index contributed by atoms with van der Waals surface area (Å²) in [6.45, 7) is 0.836. The molecule has 0 aromatic carbocycles. The van der Waals surface area contributed by atoms with Crippen molar-refractivity contribution in [3.8, 4) is 0 Å². The van der Waals surface area contributed by atoms with Gasteiger partial charge in [0.15, 0.2) is 0 Å². The maximum absolute atomic E-state index is 5.56. The smallest absolute Gasteiger partial charge is 0.225 e. The number of hydrogen-bond donors (Lipinski definition) is 2. The van der Waals surface area contributed by atoms with Crippen LogP contribution in [0, 0.1) is 0 Å². The molecule has 15 heavy (non-hydrogen) atoms. The molecular formula is C9H13N5S. The molecule has 6 heteroatoms. The van der Waals surface area contributed by atoms with E-state index in [1.54, 1.807) is 15.9 Å². The number of nitrogens with one attached hydrogen (secondary N) is 1. The summed E-state index contributed by atoms with van der Waals surface area (Å²) < 4.78 is 1.73. The Labute approximate surface area is 91.9 Å². The van der Waals surface area contributed by atoms with Crippen LogP contribution in [0.5, 0.6) is 0 Å². The molecule has 0 atom stereocenters. The van der Waals surface area contributed by atoms with Crippen LogP contribution in [0.25, 0.3) is 0 Å². The molecule has 0 radical (unpaired) electrons. The molecule has 0 saturated carbocycles. The molecule has 5 nitrogen and oxygen atoms in total. The molecule has 0 saturated heterocycles. The first kappa shape index (κ1) is 9.97. The molecule has 3 N–H and O–H groups in total. The Balaban J connectivity index is 1.86. The van der Waals surface area contributed by atoms with Crippen LogP contribution >= 0.6 is 11.3 Å². The van der Waals surface area contributed by atoms with Gasteiger partial charge in [-0.25, -0.2) is 0 Å². The molecule has 0 spiro atoms. The highest BCUT2D eigenvalue weighted by atomic mass is 32.1. The number of thiophene rings is 1. The number of nitrogens with zero attached hydrogens (tertiary/aromatic N) is 3. The zero-order chi connectivity index (χ0) is 10.7. The molecule has 2 aromatic heterocycles. The van der Waals surface area contributed by atoms with Gasteiger partial charge >= 0.3 is 0 Å². The van der Waals surface area contributed by atoms with Gasteiger partial charge in [-0.15, -0.1) is 10.2 Å². The van der Waals surface area contributed by atoms with Crippen LogP contribution in [-0.2, 0) is 13.5 Å². The first-order valence-corrected chi connectivity index (χ1v) is 5.61. The normalized spacial score (nSPS) is 10.5. The first-order valence-electron chi connectivity index (χ1n) is 4.67. The van der Waals surface area contributed by atoms with E-state index >= 15 is 0 Å². The molecule has 2 aromatic rings. The quantitative estimate of drug-likeness (QED) is 0.814. The first-order chi connectivity index (χ1) is 7.27. The van der Waals surface area contributed by atoms with Gasteiger partial charge in [-0.3, -0.25) is 4.57 Å². The van der Waals surface area contributed by atoms with Crippen LogP contribution in [0.3, 0.4) is 0 Å². The summed E-state index contributed by atoms with van der Waals surface area (Å²) >= 11 is 1.71. The molecular weight excluding hydrogens is 210 g/mol. The summed E-state index contributed by atoms with van der Waals surface area (Å²) in [6.07, 6.45) is 0.982. The van der Waals surface area contributed by atoms with E-state index in [9.17, 15) is 0 Å². The summed E-state index contributed by atoms with van der Waals surface area (Å²) in [6, 6.07) is 2.12. The summed E-state index contributed by atoms with van der Waals surface area (Å²) in [7, 11) is 1.84. The van der Waals surface area contributed by atoms with Crippen molar-refractivity contribution in [3.05, 3.63) is 22.4 Å². The predicted octanol–water partition coefficient (Wildman–Crippen LogP) is 1.11. The summed E-state index contributed by atoms with van der Waals surface area (Å²) in [5.74, 6) is 1.13. The Bertz CT molecular complexity index is 420. The Kier molecular flexibility index (Phi) is 2.86. The largest absolute Gasteiger partial charge is 0.368 e. The topological polar surface area (TPSA) is 68.8 Å². The highest BCUT2D eigenvalue weighted by molar-refractivity contribution is 7.07. The molecule has 2 rings (SSSR count). The van der Waals surface area contributed by atoms with Crippen molar-refractivity contribution in [2.24, 2.45) is 7.05 Å². The summed E-state index contributed by atoms with van der Waals surface area (Å²) in [4.78, 5) is 0. The van der Waals surface area contributed by atoms with Gasteiger partial charge in [0.2, 0.25) is 11.9 Å². The van der Waals surface area contributed by atoms with Crippen LogP contribution in [0.2, 0.25) is 0 Å². The molecule has 0 aliphatic heterocycles. The van der Waals surface area contributed by atoms with Crippen molar-refractivity contribution in [1.29, 1.82) is 0 Å². The van der Waals surface area contributed by atoms with Gasteiger partial charge < -0.3 is 11.1 Å². The second-order valence-corrected chi connectivity index (χ2v) is 4.03. The van der Waals surface area contributed by atoms with Crippen LogP contribution in [0.4, 0.5) is 11.9 Å². The van der Waals surface area contributed by atoms with E-state index in [4.69, 9.17) is 5.73 Å². The van der Waals surface area contributed by atoms with Crippen LogP contribution in [0.15, 0.2) is 16.8 Å². The van der Waals surface area contributed by atoms with E-state index in [2.05, 4.69) is 32.3 Å². The molecule has 80 valence electrons. The maximum Gasteiger partial charge on any atom is 0.225 e. The second kappa shape index (κ2) is 4.31. The van der Waals surface area contributed by atoms with Crippen molar-refractivity contribution in [2.75, 3.05) is 17.6 Å². The molecule has 0 fully saturated rings. The average Bonchev–Trinajstić information content (AvgIpc) is 2.83. The molecule has 2 heterocycles. The van der Waals surface area contributed by atoms with Gasteiger partial charge in [0.25, 0.3) is 0 Å². The molecule has 0 bridgehead atoms. The standard InChI is InChI=1S/C9H13N5S/c1-14-8(10)12-13-9(14)11-4-2-7-3-5-15-6-7/h3,5-6H,2,4H2,1H3,(H2,10,12)(H,11,13). The van der Waals surface area contributed by atoms with E-state index in [-0.39, 0.29) is 0 Å². The Hall–Kier alpha value is -1.56. The Morgan fingerprint density at radius 1 is 1.53 bits per heavy atom. The minimum absolute atomic E-state index is 0.424. The summed E-state index contributed by atoms with van der Waals surface area (Å²) in [5, 5.41) is 15.1. The van der Waals surface area contributed by atoms with Crippen molar-refractivity contribution >= 4 is 23.2 Å². The summed E-state index contributed by atoms with van der Waals surface area (Å²) in [5.41, 5.74) is 6.89. The number of nitrogen functional groups attached to an aromatic ring is 1. The van der Waals surface area contributed by atoms with Crippen molar-refractivity contribution in [2.45, 2.75) is 6.42 Å². The third-order valence-corrected chi connectivity index (χ3v) is 2.92. The fraction of sp³-hybridized carbons (Fsp3) is 0.333. The number of aromatic nitrogens is 3. The van der Waals surface area contributed by atoms with Gasteiger partial charge in [0.05, 0.1) is 0 Å². The average molecular weight is 223 g/mol. The Morgan fingerprint density at radius 2 is 2.40 bits per heavy atom. The fourth-order valence-electron chi connectivity index (χ4n) is 1.25. The van der Waals surface area contributed by atoms with Crippen molar-refractivity contribution < 1.29 is 0 Å². The van der Waals surface area contributed by atoms with Gasteiger partial charge in [-0.2, -0.15) is 11.3 Å². The SMILES string of the molecule is Cn1c(N)nnc1NCCc1ccsc1. The third-order valence-electron chi connectivity index (χ3n) is 2.19. The second-order valence-electron chi connectivity index (χ2n) is 3.25. The van der Waals surface area contributed by atoms with Crippen molar-refractivity contribution in [1.82, 2.24) is 14.8 Å². The van der Waals surface area contributed by atoms with Crippen molar-refractivity contribution in [3.63, 3.8) is 0 Å². The lowest BCUT2D eigenvalue weighted by molar-refractivity contribution is 0.899. The zero-order valence-electron chi connectivity index (χ0n) is 8.47. The van der Waals surface area contributed by atoms with Crippen LogP contribution < -0.4 is 11.1 Å². The Morgan fingerprint density at radius 3 is 3.00 bits per heavy atom. The molecule has 0 unspecified atom stereocenters. The number of hydrogen-bond acceptors (Lipinski definition) is 5. The maximum atomic E-state index is 5.56. The van der Waals surface area contributed by atoms with Crippen LogP contribution in [0.1, 0.15) is 5.56 Å². The van der Waals surface area contributed by atoms with Gasteiger partial charge in [0, 0.05) is 13.6 Å². The molecule has 0 aliphatic carbocycles. The highest BCUT2D eigenvalue weighted by Gasteiger charge is 2.03. The van der Waals surface area contributed by atoms with Gasteiger partial charge in [0.1, 0.15) is 0 Å². The predicted molar refractivity (Wildman–Crippen MR) is 61.9 cm³/mol. The van der Waals surface area contributed by atoms with E-state index in [0.29, 0.717) is 11.9 Å². The minimum atomic E-state index is 0.424. The lowest BCUT2D eigenvalue weighted by atomic mass is 10.2. The van der Waals surface area contributed by atoms with Crippen LogP contribution in [-0.4, -0.2) is 21.3 Å². The van der Waals surface area contributed by atoms with E-state index < -0.39 is 0 Å². The highest BCUT2D eigenvalue weighted by Crippen LogP contribution is 2.08. The van der Waals surface area contributed by atoms with E-state index in [1.165, 1.54) is 5.56 Å². The van der Waals surface area contributed by atoms with Gasteiger partial charge in [-0.1, -0.05) is 0 Å². The molecule has 0 amide bonds. The lowest BCUT2D eigenvalue weighted by Crippen LogP contribution is -2.09. The number of rotatable bonds is 4. The third kappa shape index (κ3) is 2.27. The van der Waals surface area contributed by atoms with E-state index in [0.717, 1.165) is 13.0 Å². The molecule has 0 aliphatic rings.